The number of nitrogens with zero attached hydrogens (tertiary/aromatic N) is 1. The molecule has 0 bridgehead atoms. The first-order valence-electron chi connectivity index (χ1n) is 9.19. The van der Waals surface area contributed by atoms with E-state index in [1.54, 1.807) is 12.1 Å². The third-order valence-corrected chi connectivity index (χ3v) is 6.37. The molecule has 0 saturated carbocycles. The molecular formula is C19H30N2O4S. The summed E-state index contributed by atoms with van der Waals surface area (Å²) < 4.78 is 33.1. The topological polar surface area (TPSA) is 75.7 Å². The summed E-state index contributed by atoms with van der Waals surface area (Å²) in [6.45, 7) is 7.30. The van der Waals surface area contributed by atoms with Crippen LogP contribution >= 0.6 is 0 Å². The van der Waals surface area contributed by atoms with Gasteiger partial charge in [-0.3, -0.25) is 4.79 Å². The Balaban J connectivity index is 2.16. The number of carbonyl (C=O) groups excluding carboxylic acids is 1. The van der Waals surface area contributed by atoms with Gasteiger partial charge in [0, 0.05) is 13.1 Å². The standard InChI is InChI=1S/C19H30N2O4S/c1-14(2)18(19(22)21-12-5-6-15(3)11-13-21)20-26(23,24)17-9-7-16(25-4)8-10-17/h7-10,14-15,18,20H,5-6,11-13H2,1-4H3/t15?,18-/m0/s1. The van der Waals surface area contributed by atoms with Gasteiger partial charge in [0.2, 0.25) is 15.9 Å². The van der Waals surface area contributed by atoms with Crippen LogP contribution in [-0.2, 0) is 14.8 Å². The number of methoxy groups -OCH3 is 1. The molecule has 0 aliphatic carbocycles. The summed E-state index contributed by atoms with van der Waals surface area (Å²) in [5, 5.41) is 0. The van der Waals surface area contributed by atoms with Crippen molar-refractivity contribution in [1.29, 1.82) is 0 Å². The van der Waals surface area contributed by atoms with E-state index in [1.807, 2.05) is 18.7 Å². The molecule has 146 valence electrons. The molecule has 0 spiro atoms. The maximum absolute atomic E-state index is 13.0. The summed E-state index contributed by atoms with van der Waals surface area (Å²) in [6.07, 6.45) is 3.03. The Morgan fingerprint density at radius 1 is 1.19 bits per heavy atom. The molecule has 1 fully saturated rings. The minimum atomic E-state index is -3.79. The number of nitrogens with one attached hydrogen (secondary N) is 1. The van der Waals surface area contributed by atoms with Crippen LogP contribution in [0.1, 0.15) is 40.0 Å². The third-order valence-electron chi connectivity index (χ3n) is 4.91. The highest BCUT2D eigenvalue weighted by Crippen LogP contribution is 2.20. The van der Waals surface area contributed by atoms with Crippen LogP contribution < -0.4 is 9.46 Å². The fraction of sp³-hybridized carbons (Fsp3) is 0.632. The number of ether oxygens (including phenoxy) is 1. The molecule has 0 radical (unpaired) electrons. The lowest BCUT2D eigenvalue weighted by atomic mass is 10.0. The van der Waals surface area contributed by atoms with E-state index in [9.17, 15) is 13.2 Å². The highest BCUT2D eigenvalue weighted by molar-refractivity contribution is 7.89. The highest BCUT2D eigenvalue weighted by Gasteiger charge is 2.32. The number of hydrogen-bond acceptors (Lipinski definition) is 4. The maximum Gasteiger partial charge on any atom is 0.241 e. The molecule has 1 saturated heterocycles. The number of rotatable bonds is 6. The molecule has 1 N–H and O–H groups in total. The van der Waals surface area contributed by atoms with Crippen LogP contribution in [0, 0.1) is 11.8 Å². The number of likely N-dealkylation sites (tertiary alicyclic amines) is 1. The molecule has 1 aliphatic heterocycles. The van der Waals surface area contributed by atoms with Crippen molar-refractivity contribution >= 4 is 15.9 Å². The SMILES string of the molecule is COc1ccc(S(=O)(=O)N[C@H](C(=O)N2CCCC(C)CC2)C(C)C)cc1. The lowest BCUT2D eigenvalue weighted by molar-refractivity contribution is -0.134. The van der Waals surface area contributed by atoms with Crippen LogP contribution in [0.15, 0.2) is 29.2 Å². The largest absolute Gasteiger partial charge is 0.497 e. The van der Waals surface area contributed by atoms with E-state index in [-0.39, 0.29) is 16.7 Å². The van der Waals surface area contributed by atoms with Crippen molar-refractivity contribution < 1.29 is 17.9 Å². The van der Waals surface area contributed by atoms with Crippen LogP contribution in [0.3, 0.4) is 0 Å². The summed E-state index contributed by atoms with van der Waals surface area (Å²) in [5.74, 6) is 0.905. The first-order chi connectivity index (χ1) is 12.2. The van der Waals surface area contributed by atoms with Crippen molar-refractivity contribution in [2.24, 2.45) is 11.8 Å². The molecule has 1 unspecified atom stereocenters. The van der Waals surface area contributed by atoms with E-state index in [0.29, 0.717) is 24.8 Å². The molecule has 7 heteroatoms. The molecule has 1 aliphatic rings. The number of amides is 1. The molecular weight excluding hydrogens is 352 g/mol. The number of benzene rings is 1. The first-order valence-corrected chi connectivity index (χ1v) is 10.7. The van der Waals surface area contributed by atoms with Crippen molar-refractivity contribution in [2.45, 2.75) is 51.0 Å². The van der Waals surface area contributed by atoms with E-state index >= 15 is 0 Å². The van der Waals surface area contributed by atoms with Crippen molar-refractivity contribution in [3.8, 4) is 5.75 Å². The quantitative estimate of drug-likeness (QED) is 0.821. The predicted molar refractivity (Wildman–Crippen MR) is 102 cm³/mol. The molecule has 6 nitrogen and oxygen atoms in total. The van der Waals surface area contributed by atoms with Gasteiger partial charge in [-0.25, -0.2) is 8.42 Å². The molecule has 2 atom stereocenters. The van der Waals surface area contributed by atoms with Gasteiger partial charge in [0.25, 0.3) is 0 Å². The second-order valence-corrected chi connectivity index (χ2v) is 9.09. The zero-order valence-corrected chi connectivity index (χ0v) is 16.9. The van der Waals surface area contributed by atoms with E-state index in [1.165, 1.54) is 19.2 Å². The molecule has 1 heterocycles. The van der Waals surface area contributed by atoms with Crippen molar-refractivity contribution in [2.75, 3.05) is 20.2 Å². The third kappa shape index (κ3) is 5.20. The summed E-state index contributed by atoms with van der Waals surface area (Å²) in [5.41, 5.74) is 0. The van der Waals surface area contributed by atoms with Gasteiger partial charge in [-0.15, -0.1) is 0 Å². The minimum absolute atomic E-state index is 0.126. The second kappa shape index (κ2) is 8.86. The van der Waals surface area contributed by atoms with E-state index < -0.39 is 16.1 Å². The lowest BCUT2D eigenvalue weighted by Crippen LogP contribution is -2.51. The Bertz CT molecular complexity index is 701. The normalized spacial score (nSPS) is 19.9. The Kier molecular flexibility index (Phi) is 7.06. The fourth-order valence-corrected chi connectivity index (χ4v) is 4.48. The molecule has 2 rings (SSSR count). The zero-order chi connectivity index (χ0) is 19.3. The van der Waals surface area contributed by atoms with Crippen LogP contribution in [0.4, 0.5) is 0 Å². The minimum Gasteiger partial charge on any atom is -0.497 e. The van der Waals surface area contributed by atoms with Crippen LogP contribution in [0.5, 0.6) is 5.75 Å². The Labute approximate surface area is 157 Å². The number of hydrogen-bond donors (Lipinski definition) is 1. The fourth-order valence-electron chi connectivity index (χ4n) is 3.14. The Hall–Kier alpha value is -1.60. The Morgan fingerprint density at radius 3 is 2.42 bits per heavy atom. The molecule has 26 heavy (non-hydrogen) atoms. The lowest BCUT2D eigenvalue weighted by Gasteiger charge is -2.29. The zero-order valence-electron chi connectivity index (χ0n) is 16.1. The average Bonchev–Trinajstić information content (AvgIpc) is 2.83. The van der Waals surface area contributed by atoms with Gasteiger partial charge in [0.05, 0.1) is 12.0 Å². The van der Waals surface area contributed by atoms with E-state index in [4.69, 9.17) is 4.74 Å². The van der Waals surface area contributed by atoms with Crippen LogP contribution in [0.2, 0.25) is 0 Å². The summed E-state index contributed by atoms with van der Waals surface area (Å²) >= 11 is 0. The molecule has 1 aromatic carbocycles. The summed E-state index contributed by atoms with van der Waals surface area (Å²) in [7, 11) is -2.26. The van der Waals surface area contributed by atoms with Crippen LogP contribution in [-0.4, -0.2) is 45.5 Å². The monoisotopic (exact) mass is 382 g/mol. The predicted octanol–water partition coefficient (Wildman–Crippen LogP) is 2.65. The first kappa shape index (κ1) is 20.7. The number of carbonyl (C=O) groups is 1. The summed E-state index contributed by atoms with van der Waals surface area (Å²) in [4.78, 5) is 14.9. The average molecular weight is 383 g/mol. The molecule has 1 amide bonds. The van der Waals surface area contributed by atoms with Gasteiger partial charge in [-0.1, -0.05) is 20.8 Å². The van der Waals surface area contributed by atoms with Gasteiger partial charge in [-0.05, 0) is 55.4 Å². The van der Waals surface area contributed by atoms with Gasteiger partial charge in [-0.2, -0.15) is 4.72 Å². The molecule has 1 aromatic rings. The van der Waals surface area contributed by atoms with Gasteiger partial charge >= 0.3 is 0 Å². The van der Waals surface area contributed by atoms with E-state index in [2.05, 4.69) is 11.6 Å². The van der Waals surface area contributed by atoms with Gasteiger partial charge in [0.15, 0.2) is 0 Å². The maximum atomic E-state index is 13.0. The second-order valence-electron chi connectivity index (χ2n) is 7.38. The van der Waals surface area contributed by atoms with Crippen molar-refractivity contribution in [3.05, 3.63) is 24.3 Å². The summed E-state index contributed by atoms with van der Waals surface area (Å²) in [6, 6.07) is 5.39. The molecule has 0 aromatic heterocycles. The smallest absolute Gasteiger partial charge is 0.241 e. The van der Waals surface area contributed by atoms with Crippen molar-refractivity contribution in [3.63, 3.8) is 0 Å². The van der Waals surface area contributed by atoms with Gasteiger partial charge in [0.1, 0.15) is 11.8 Å². The highest BCUT2D eigenvalue weighted by atomic mass is 32.2. The van der Waals surface area contributed by atoms with Crippen LogP contribution in [0.25, 0.3) is 0 Å². The van der Waals surface area contributed by atoms with E-state index in [0.717, 1.165) is 19.3 Å². The van der Waals surface area contributed by atoms with Gasteiger partial charge < -0.3 is 9.64 Å². The Morgan fingerprint density at radius 2 is 1.85 bits per heavy atom. The van der Waals surface area contributed by atoms with Crippen molar-refractivity contribution in [1.82, 2.24) is 9.62 Å². The number of sulfonamides is 1.